The van der Waals surface area contributed by atoms with E-state index in [9.17, 15) is 9.90 Å². The quantitative estimate of drug-likeness (QED) is 0.844. The average molecular weight is 262 g/mol. The Morgan fingerprint density at radius 2 is 2.05 bits per heavy atom. The molecule has 0 aromatic heterocycles. The van der Waals surface area contributed by atoms with Crippen molar-refractivity contribution in [3.05, 3.63) is 35.9 Å². The predicted octanol–water partition coefficient (Wildman–Crippen LogP) is 0.800. The van der Waals surface area contributed by atoms with Gasteiger partial charge in [-0.25, -0.2) is 0 Å². The fourth-order valence-electron chi connectivity index (χ4n) is 2.58. The molecule has 4 heteroatoms. The lowest BCUT2D eigenvalue weighted by atomic mass is 9.97. The average Bonchev–Trinajstić information content (AvgIpc) is 2.40. The Bertz CT molecular complexity index is 431. The first-order chi connectivity index (χ1) is 9.02. The molecule has 104 valence electrons. The molecule has 0 bridgehead atoms. The van der Waals surface area contributed by atoms with Crippen molar-refractivity contribution in [2.75, 3.05) is 19.7 Å². The van der Waals surface area contributed by atoms with E-state index < -0.39 is 6.04 Å². The second kappa shape index (κ2) is 5.72. The van der Waals surface area contributed by atoms with Gasteiger partial charge in [-0.05, 0) is 25.8 Å². The van der Waals surface area contributed by atoms with E-state index in [2.05, 4.69) is 31.3 Å². The van der Waals surface area contributed by atoms with Crippen LogP contribution in [-0.2, 0) is 11.2 Å². The summed E-state index contributed by atoms with van der Waals surface area (Å²) >= 11 is 0. The Labute approximate surface area is 114 Å². The van der Waals surface area contributed by atoms with E-state index in [0.29, 0.717) is 13.1 Å². The highest BCUT2D eigenvalue weighted by atomic mass is 16.3. The third-order valence-electron chi connectivity index (χ3n) is 3.46. The van der Waals surface area contributed by atoms with Crippen LogP contribution in [0.1, 0.15) is 19.4 Å². The fraction of sp³-hybridized carbons (Fsp3) is 0.533. The molecule has 0 saturated carbocycles. The van der Waals surface area contributed by atoms with Crippen molar-refractivity contribution in [3.63, 3.8) is 0 Å². The number of amides is 1. The number of hydrogen-bond donors (Lipinski definition) is 2. The van der Waals surface area contributed by atoms with Gasteiger partial charge in [0.05, 0.1) is 6.61 Å². The summed E-state index contributed by atoms with van der Waals surface area (Å²) in [5, 5.41) is 12.5. The number of nitrogens with one attached hydrogen (secondary N) is 1. The number of carbonyl (C=O) groups is 1. The number of aliphatic hydroxyl groups is 1. The van der Waals surface area contributed by atoms with Crippen molar-refractivity contribution in [1.82, 2.24) is 10.2 Å². The minimum absolute atomic E-state index is 0.00208. The van der Waals surface area contributed by atoms with Crippen LogP contribution in [0.25, 0.3) is 0 Å². The fourth-order valence-corrected chi connectivity index (χ4v) is 2.58. The number of aliphatic hydroxyl groups excluding tert-OH is 1. The number of piperazine rings is 1. The van der Waals surface area contributed by atoms with Crippen LogP contribution in [-0.4, -0.2) is 47.2 Å². The SMILES string of the molecule is CC1(C)CN(CCc2ccccc2)C(=O)C(CO)N1. The molecular weight excluding hydrogens is 240 g/mol. The molecule has 1 atom stereocenters. The molecule has 1 unspecified atom stereocenters. The van der Waals surface area contributed by atoms with E-state index in [1.54, 1.807) is 0 Å². The van der Waals surface area contributed by atoms with Crippen LogP contribution < -0.4 is 5.32 Å². The number of rotatable bonds is 4. The van der Waals surface area contributed by atoms with Crippen LogP contribution in [0.4, 0.5) is 0 Å². The molecule has 1 aromatic rings. The second-order valence-corrected chi connectivity index (χ2v) is 5.76. The van der Waals surface area contributed by atoms with E-state index in [-0.39, 0.29) is 18.1 Å². The molecule has 1 aliphatic rings. The van der Waals surface area contributed by atoms with Gasteiger partial charge in [0.15, 0.2) is 0 Å². The summed E-state index contributed by atoms with van der Waals surface area (Å²) in [6, 6.07) is 9.68. The Morgan fingerprint density at radius 1 is 1.37 bits per heavy atom. The maximum Gasteiger partial charge on any atom is 0.242 e. The topological polar surface area (TPSA) is 52.6 Å². The minimum atomic E-state index is -0.473. The maximum absolute atomic E-state index is 12.2. The highest BCUT2D eigenvalue weighted by Gasteiger charge is 2.37. The third-order valence-corrected chi connectivity index (χ3v) is 3.46. The molecule has 19 heavy (non-hydrogen) atoms. The molecule has 1 aliphatic heterocycles. The maximum atomic E-state index is 12.2. The van der Waals surface area contributed by atoms with Crippen molar-refractivity contribution in [2.45, 2.75) is 31.8 Å². The van der Waals surface area contributed by atoms with E-state index in [1.165, 1.54) is 5.56 Å². The lowest BCUT2D eigenvalue weighted by Gasteiger charge is -2.42. The normalized spacial score (nSPS) is 22.6. The lowest BCUT2D eigenvalue weighted by molar-refractivity contribution is -0.139. The summed E-state index contributed by atoms with van der Waals surface area (Å²) in [6.07, 6.45) is 0.848. The first-order valence-corrected chi connectivity index (χ1v) is 6.73. The van der Waals surface area contributed by atoms with Gasteiger partial charge in [-0.2, -0.15) is 0 Å². The Hall–Kier alpha value is -1.39. The number of hydrogen-bond acceptors (Lipinski definition) is 3. The molecule has 4 nitrogen and oxygen atoms in total. The van der Waals surface area contributed by atoms with Crippen molar-refractivity contribution < 1.29 is 9.90 Å². The minimum Gasteiger partial charge on any atom is -0.394 e. The second-order valence-electron chi connectivity index (χ2n) is 5.76. The summed E-state index contributed by atoms with van der Waals surface area (Å²) < 4.78 is 0. The van der Waals surface area contributed by atoms with Gasteiger partial charge in [0.1, 0.15) is 6.04 Å². The molecule has 0 aliphatic carbocycles. The number of benzene rings is 1. The van der Waals surface area contributed by atoms with Crippen LogP contribution in [0.2, 0.25) is 0 Å². The van der Waals surface area contributed by atoms with Gasteiger partial charge in [0, 0.05) is 18.6 Å². The van der Waals surface area contributed by atoms with Crippen molar-refractivity contribution >= 4 is 5.91 Å². The molecule has 1 saturated heterocycles. The standard InChI is InChI=1S/C15H22N2O2/c1-15(2)11-17(14(19)13(10-18)16-15)9-8-12-6-4-3-5-7-12/h3-7,13,16,18H,8-11H2,1-2H3. The van der Waals surface area contributed by atoms with Gasteiger partial charge in [-0.15, -0.1) is 0 Å². The molecular formula is C15H22N2O2. The first-order valence-electron chi connectivity index (χ1n) is 6.73. The van der Waals surface area contributed by atoms with Gasteiger partial charge >= 0.3 is 0 Å². The smallest absolute Gasteiger partial charge is 0.242 e. The molecule has 0 spiro atoms. The lowest BCUT2D eigenvalue weighted by Crippen LogP contribution is -2.66. The van der Waals surface area contributed by atoms with Crippen LogP contribution in [0, 0.1) is 0 Å². The molecule has 0 radical (unpaired) electrons. The molecule has 2 N–H and O–H groups in total. The van der Waals surface area contributed by atoms with Crippen LogP contribution >= 0.6 is 0 Å². The van der Waals surface area contributed by atoms with E-state index >= 15 is 0 Å². The summed E-state index contributed by atoms with van der Waals surface area (Å²) in [7, 11) is 0. The van der Waals surface area contributed by atoms with Gasteiger partial charge in [0.2, 0.25) is 5.91 Å². The number of nitrogens with zero attached hydrogens (tertiary/aromatic N) is 1. The summed E-state index contributed by atoms with van der Waals surface area (Å²) in [5.74, 6) is -0.00208. The molecule has 1 aromatic carbocycles. The third kappa shape index (κ3) is 3.55. The summed E-state index contributed by atoms with van der Waals surface area (Å²) in [5.41, 5.74) is 1.07. The highest BCUT2D eigenvalue weighted by Crippen LogP contribution is 2.15. The molecule has 1 amide bonds. The van der Waals surface area contributed by atoms with Crippen molar-refractivity contribution in [3.8, 4) is 0 Å². The Morgan fingerprint density at radius 3 is 2.68 bits per heavy atom. The summed E-state index contributed by atoms with van der Waals surface area (Å²) in [4.78, 5) is 14.0. The molecule has 1 fully saturated rings. The highest BCUT2D eigenvalue weighted by molar-refractivity contribution is 5.83. The molecule has 1 heterocycles. The van der Waals surface area contributed by atoms with Crippen LogP contribution in [0.15, 0.2) is 30.3 Å². The zero-order valence-electron chi connectivity index (χ0n) is 11.6. The van der Waals surface area contributed by atoms with E-state index in [0.717, 1.165) is 6.42 Å². The van der Waals surface area contributed by atoms with Crippen molar-refractivity contribution in [2.24, 2.45) is 0 Å². The number of carbonyl (C=O) groups excluding carboxylic acids is 1. The molecule has 2 rings (SSSR count). The summed E-state index contributed by atoms with van der Waals surface area (Å²) in [6.45, 7) is 5.33. The van der Waals surface area contributed by atoms with Gasteiger partial charge in [-0.3, -0.25) is 10.1 Å². The zero-order chi connectivity index (χ0) is 13.9. The van der Waals surface area contributed by atoms with Crippen LogP contribution in [0.3, 0.4) is 0 Å². The monoisotopic (exact) mass is 262 g/mol. The first kappa shape index (κ1) is 14.0. The van der Waals surface area contributed by atoms with Gasteiger partial charge < -0.3 is 10.0 Å². The van der Waals surface area contributed by atoms with E-state index in [4.69, 9.17) is 0 Å². The largest absolute Gasteiger partial charge is 0.394 e. The Kier molecular flexibility index (Phi) is 4.22. The van der Waals surface area contributed by atoms with Crippen LogP contribution in [0.5, 0.6) is 0 Å². The predicted molar refractivity (Wildman–Crippen MR) is 74.8 cm³/mol. The Balaban J connectivity index is 2.00. The van der Waals surface area contributed by atoms with Gasteiger partial charge in [-0.1, -0.05) is 30.3 Å². The van der Waals surface area contributed by atoms with Gasteiger partial charge in [0.25, 0.3) is 0 Å². The van der Waals surface area contributed by atoms with Crippen molar-refractivity contribution in [1.29, 1.82) is 0 Å². The van der Waals surface area contributed by atoms with E-state index in [1.807, 2.05) is 23.1 Å². The zero-order valence-corrected chi connectivity index (χ0v) is 11.6.